The standard InChI is InChI=1S/C15H16F2N2O3S/c1-15-7-6-12(20)19(15)10(8-23-15)13(21)18-9-4-2-3-5-11(9)22-14(16)17/h2-5,10,14H,6-8H2,1H3,(H,18,21). The second kappa shape index (κ2) is 5.99. The molecular formula is C15H16F2N2O3S. The Labute approximate surface area is 136 Å². The number of nitrogens with zero attached hydrogens (tertiary/aromatic N) is 1. The summed E-state index contributed by atoms with van der Waals surface area (Å²) >= 11 is 1.57. The lowest BCUT2D eigenvalue weighted by Gasteiger charge is -2.30. The number of carbonyl (C=O) groups is 2. The number of alkyl halides is 2. The molecule has 1 N–H and O–H groups in total. The second-order valence-corrected chi connectivity index (χ2v) is 7.13. The summed E-state index contributed by atoms with van der Waals surface area (Å²) < 4.78 is 29.3. The Morgan fingerprint density at radius 2 is 2.22 bits per heavy atom. The number of thioether (sulfide) groups is 1. The zero-order valence-electron chi connectivity index (χ0n) is 12.4. The van der Waals surface area contributed by atoms with Gasteiger partial charge < -0.3 is 15.0 Å². The van der Waals surface area contributed by atoms with Crippen molar-refractivity contribution in [3.05, 3.63) is 24.3 Å². The molecule has 0 radical (unpaired) electrons. The van der Waals surface area contributed by atoms with Gasteiger partial charge in [0.15, 0.2) is 0 Å². The normalized spacial score (nSPS) is 26.5. The number of rotatable bonds is 4. The molecule has 2 fully saturated rings. The smallest absolute Gasteiger partial charge is 0.387 e. The number of benzene rings is 1. The van der Waals surface area contributed by atoms with Gasteiger partial charge in [0.05, 0.1) is 10.6 Å². The van der Waals surface area contributed by atoms with E-state index in [2.05, 4.69) is 10.1 Å². The van der Waals surface area contributed by atoms with Gasteiger partial charge in [0.1, 0.15) is 11.8 Å². The second-order valence-electron chi connectivity index (χ2n) is 5.63. The first-order chi connectivity index (χ1) is 10.9. The molecule has 23 heavy (non-hydrogen) atoms. The first-order valence-corrected chi connectivity index (χ1v) is 8.20. The van der Waals surface area contributed by atoms with Crippen LogP contribution in [-0.2, 0) is 9.59 Å². The fourth-order valence-corrected chi connectivity index (χ4v) is 4.43. The molecule has 2 heterocycles. The zero-order valence-corrected chi connectivity index (χ0v) is 13.2. The first-order valence-electron chi connectivity index (χ1n) is 7.21. The Balaban J connectivity index is 1.77. The Hall–Kier alpha value is -1.83. The molecule has 0 spiro atoms. The molecule has 0 saturated carbocycles. The number of amides is 2. The minimum absolute atomic E-state index is 0.0465. The van der Waals surface area contributed by atoms with Crippen LogP contribution in [0.2, 0.25) is 0 Å². The number of hydrogen-bond acceptors (Lipinski definition) is 4. The predicted octanol–water partition coefficient (Wildman–Crippen LogP) is 2.68. The van der Waals surface area contributed by atoms with E-state index in [4.69, 9.17) is 0 Å². The van der Waals surface area contributed by atoms with E-state index in [9.17, 15) is 18.4 Å². The van der Waals surface area contributed by atoms with Crippen molar-refractivity contribution in [1.29, 1.82) is 0 Å². The molecule has 2 saturated heterocycles. The van der Waals surface area contributed by atoms with Gasteiger partial charge in [-0.1, -0.05) is 12.1 Å². The van der Waals surface area contributed by atoms with E-state index in [1.807, 2.05) is 6.92 Å². The molecule has 8 heteroatoms. The van der Waals surface area contributed by atoms with Gasteiger partial charge in [-0.05, 0) is 25.5 Å². The predicted molar refractivity (Wildman–Crippen MR) is 82.4 cm³/mol. The van der Waals surface area contributed by atoms with Crippen LogP contribution in [0.15, 0.2) is 24.3 Å². The number of fused-ring (bicyclic) bond motifs is 1. The van der Waals surface area contributed by atoms with Crippen molar-refractivity contribution in [2.45, 2.75) is 37.3 Å². The van der Waals surface area contributed by atoms with Crippen LogP contribution in [0.1, 0.15) is 19.8 Å². The van der Waals surface area contributed by atoms with Crippen molar-refractivity contribution in [2.75, 3.05) is 11.1 Å². The Bertz CT molecular complexity index is 643. The van der Waals surface area contributed by atoms with Crippen LogP contribution < -0.4 is 10.1 Å². The van der Waals surface area contributed by atoms with E-state index in [1.165, 1.54) is 12.1 Å². The van der Waals surface area contributed by atoms with Gasteiger partial charge in [-0.2, -0.15) is 8.78 Å². The van der Waals surface area contributed by atoms with E-state index < -0.39 is 12.7 Å². The number of nitrogens with one attached hydrogen (secondary N) is 1. The lowest BCUT2D eigenvalue weighted by molar-refractivity contribution is -0.135. The summed E-state index contributed by atoms with van der Waals surface area (Å²) in [6.45, 7) is -1.03. The minimum Gasteiger partial charge on any atom is -0.433 e. The summed E-state index contributed by atoms with van der Waals surface area (Å²) in [6.07, 6.45) is 1.14. The van der Waals surface area contributed by atoms with Crippen LogP contribution in [-0.4, -0.2) is 40.0 Å². The number of para-hydroxylation sites is 2. The van der Waals surface area contributed by atoms with Crippen LogP contribution in [0.5, 0.6) is 5.75 Å². The largest absolute Gasteiger partial charge is 0.433 e. The molecule has 3 rings (SSSR count). The quantitative estimate of drug-likeness (QED) is 0.914. The number of anilines is 1. The van der Waals surface area contributed by atoms with Gasteiger partial charge in [-0.25, -0.2) is 0 Å². The SMILES string of the molecule is CC12CCC(=O)N1C(C(=O)Nc1ccccc1OC(F)F)CS2. The third-order valence-corrected chi connectivity index (χ3v) is 5.61. The van der Waals surface area contributed by atoms with Crippen LogP contribution in [0, 0.1) is 0 Å². The zero-order chi connectivity index (χ0) is 16.6. The maximum absolute atomic E-state index is 12.5. The maximum atomic E-state index is 12.5. The summed E-state index contributed by atoms with van der Waals surface area (Å²) in [4.78, 5) is 25.8. The van der Waals surface area contributed by atoms with E-state index >= 15 is 0 Å². The monoisotopic (exact) mass is 342 g/mol. The highest BCUT2D eigenvalue weighted by molar-refractivity contribution is 8.01. The summed E-state index contributed by atoms with van der Waals surface area (Å²) in [6, 6.07) is 5.40. The van der Waals surface area contributed by atoms with Crippen LogP contribution in [0.3, 0.4) is 0 Å². The van der Waals surface area contributed by atoms with Crippen molar-refractivity contribution in [3.63, 3.8) is 0 Å². The number of carbonyl (C=O) groups excluding carboxylic acids is 2. The molecule has 1 aromatic carbocycles. The summed E-state index contributed by atoms with van der Waals surface area (Å²) in [5.41, 5.74) is 0.169. The van der Waals surface area contributed by atoms with Gasteiger partial charge >= 0.3 is 6.61 Å². The fraction of sp³-hybridized carbons (Fsp3) is 0.467. The third kappa shape index (κ3) is 2.99. The number of halogens is 2. The molecule has 2 amide bonds. The molecule has 124 valence electrons. The topological polar surface area (TPSA) is 58.6 Å². The molecule has 2 aliphatic rings. The highest BCUT2D eigenvalue weighted by Gasteiger charge is 2.52. The average molecular weight is 342 g/mol. The van der Waals surface area contributed by atoms with Gasteiger partial charge in [-0.3, -0.25) is 9.59 Å². The van der Waals surface area contributed by atoms with Gasteiger partial charge in [0.2, 0.25) is 11.8 Å². The molecule has 1 aromatic rings. The molecule has 2 unspecified atom stereocenters. The van der Waals surface area contributed by atoms with E-state index in [-0.39, 0.29) is 28.1 Å². The minimum atomic E-state index is -2.97. The van der Waals surface area contributed by atoms with Gasteiger partial charge in [-0.15, -0.1) is 11.8 Å². The van der Waals surface area contributed by atoms with Crippen LogP contribution >= 0.6 is 11.8 Å². The summed E-state index contributed by atoms with van der Waals surface area (Å²) in [5, 5.41) is 2.60. The van der Waals surface area contributed by atoms with E-state index in [0.29, 0.717) is 18.6 Å². The fourth-order valence-electron chi connectivity index (χ4n) is 3.00. The molecule has 2 aliphatic heterocycles. The highest BCUT2D eigenvalue weighted by atomic mass is 32.2. The van der Waals surface area contributed by atoms with Crippen molar-refractivity contribution in [1.82, 2.24) is 4.90 Å². The highest BCUT2D eigenvalue weighted by Crippen LogP contribution is 2.47. The molecule has 0 aliphatic carbocycles. The van der Waals surface area contributed by atoms with Crippen molar-refractivity contribution in [2.24, 2.45) is 0 Å². The number of ether oxygens (including phenoxy) is 1. The van der Waals surface area contributed by atoms with Crippen molar-refractivity contribution in [3.8, 4) is 5.75 Å². The van der Waals surface area contributed by atoms with Crippen molar-refractivity contribution < 1.29 is 23.1 Å². The first kappa shape index (κ1) is 16.0. The maximum Gasteiger partial charge on any atom is 0.387 e. The van der Waals surface area contributed by atoms with Crippen LogP contribution in [0.4, 0.5) is 14.5 Å². The van der Waals surface area contributed by atoms with Crippen LogP contribution in [0.25, 0.3) is 0 Å². The van der Waals surface area contributed by atoms with Gasteiger partial charge in [0, 0.05) is 12.2 Å². The molecule has 2 atom stereocenters. The summed E-state index contributed by atoms with van der Waals surface area (Å²) in [7, 11) is 0. The van der Waals surface area contributed by atoms with E-state index in [1.54, 1.807) is 28.8 Å². The third-order valence-electron chi connectivity index (χ3n) is 4.11. The lowest BCUT2D eigenvalue weighted by atomic mass is 10.2. The molecule has 5 nitrogen and oxygen atoms in total. The molecular weight excluding hydrogens is 326 g/mol. The Morgan fingerprint density at radius 1 is 1.48 bits per heavy atom. The number of hydrogen-bond donors (Lipinski definition) is 1. The van der Waals surface area contributed by atoms with Crippen molar-refractivity contribution >= 4 is 29.3 Å². The molecule has 0 aromatic heterocycles. The Kier molecular flexibility index (Phi) is 4.18. The van der Waals surface area contributed by atoms with Gasteiger partial charge in [0.25, 0.3) is 0 Å². The molecule has 0 bridgehead atoms. The Morgan fingerprint density at radius 3 is 2.96 bits per heavy atom. The van der Waals surface area contributed by atoms with E-state index in [0.717, 1.165) is 0 Å². The average Bonchev–Trinajstić information content (AvgIpc) is 2.98. The lowest BCUT2D eigenvalue weighted by Crippen LogP contribution is -2.48. The summed E-state index contributed by atoms with van der Waals surface area (Å²) in [5.74, 6) is -0.0417.